The molecule has 0 bridgehead atoms. The zero-order valence-electron chi connectivity index (χ0n) is 16.9. The minimum Gasteiger partial charge on any atom is -0.493 e. The van der Waals surface area contributed by atoms with Crippen LogP contribution in [0.4, 0.5) is 18.9 Å². The number of aliphatic hydroxyl groups excluding tert-OH is 1. The lowest BCUT2D eigenvalue weighted by molar-refractivity contribution is -0.137. The molecule has 1 atom stereocenters. The highest BCUT2D eigenvalue weighted by Crippen LogP contribution is 2.30. The van der Waals surface area contributed by atoms with Crippen LogP contribution in [-0.4, -0.2) is 55.4 Å². The average Bonchev–Trinajstić information content (AvgIpc) is 2.77. The summed E-state index contributed by atoms with van der Waals surface area (Å²) < 4.78 is 49.0. The number of hydrogen-bond donors (Lipinski definition) is 2. The first-order chi connectivity index (χ1) is 14.8. The van der Waals surface area contributed by atoms with Crippen molar-refractivity contribution in [3.05, 3.63) is 59.7 Å². The molecule has 1 saturated heterocycles. The quantitative estimate of drug-likeness (QED) is 0.618. The smallest absolute Gasteiger partial charge is 0.416 e. The van der Waals surface area contributed by atoms with Crippen molar-refractivity contribution in [2.24, 2.45) is 0 Å². The summed E-state index contributed by atoms with van der Waals surface area (Å²) in [6.07, 6.45) is -5.22. The van der Waals surface area contributed by atoms with Gasteiger partial charge in [0.1, 0.15) is 5.75 Å². The van der Waals surface area contributed by atoms with Crippen LogP contribution in [0.1, 0.15) is 23.7 Å². The van der Waals surface area contributed by atoms with Gasteiger partial charge in [0.25, 0.3) is 5.91 Å². The van der Waals surface area contributed by atoms with Gasteiger partial charge in [-0.25, -0.2) is 0 Å². The molecular formula is C22H25F3N2O4. The number of hydrogen-bond acceptors (Lipinski definition) is 5. The molecule has 0 aromatic heterocycles. The van der Waals surface area contributed by atoms with Crippen LogP contribution in [0.2, 0.25) is 0 Å². The van der Waals surface area contributed by atoms with Gasteiger partial charge < -0.3 is 19.9 Å². The molecule has 2 aromatic rings. The van der Waals surface area contributed by atoms with E-state index in [1.807, 2.05) is 0 Å². The molecule has 2 N–H and O–H groups in total. The molecule has 0 aliphatic carbocycles. The van der Waals surface area contributed by atoms with Gasteiger partial charge in [0.05, 0.1) is 25.4 Å². The Labute approximate surface area is 178 Å². The number of aliphatic hydroxyl groups is 1. The Morgan fingerprint density at radius 2 is 1.87 bits per heavy atom. The molecule has 0 radical (unpaired) electrons. The Morgan fingerprint density at radius 1 is 1.16 bits per heavy atom. The minimum atomic E-state index is -4.48. The van der Waals surface area contributed by atoms with E-state index in [9.17, 15) is 23.1 Å². The zero-order chi connectivity index (χ0) is 22.3. The number of nitrogens with zero attached hydrogens (tertiary/aromatic N) is 1. The second-order valence-corrected chi connectivity index (χ2v) is 7.20. The summed E-state index contributed by atoms with van der Waals surface area (Å²) in [5.74, 6) is -0.173. The SMILES string of the molecule is O=C(Nc1cccc(OCCCN2CCOCC2)c1)C(O)c1ccc(C(F)(F)F)cc1. The monoisotopic (exact) mass is 438 g/mol. The highest BCUT2D eigenvalue weighted by atomic mass is 19.4. The van der Waals surface area contributed by atoms with Crippen molar-refractivity contribution in [2.75, 3.05) is 44.8 Å². The van der Waals surface area contributed by atoms with Crippen molar-refractivity contribution in [3.8, 4) is 5.75 Å². The zero-order valence-corrected chi connectivity index (χ0v) is 16.9. The van der Waals surface area contributed by atoms with Crippen molar-refractivity contribution >= 4 is 11.6 Å². The van der Waals surface area contributed by atoms with Gasteiger partial charge in [0, 0.05) is 31.4 Å². The van der Waals surface area contributed by atoms with Crippen LogP contribution < -0.4 is 10.1 Å². The fourth-order valence-corrected chi connectivity index (χ4v) is 3.18. The van der Waals surface area contributed by atoms with Crippen molar-refractivity contribution in [2.45, 2.75) is 18.7 Å². The van der Waals surface area contributed by atoms with E-state index < -0.39 is 23.8 Å². The highest BCUT2D eigenvalue weighted by molar-refractivity contribution is 5.94. The number of rotatable bonds is 8. The van der Waals surface area contributed by atoms with Gasteiger partial charge in [-0.2, -0.15) is 13.2 Å². The minimum absolute atomic E-state index is 0.0704. The number of nitrogens with one attached hydrogen (secondary N) is 1. The molecule has 3 rings (SSSR count). The summed E-state index contributed by atoms with van der Waals surface area (Å²) in [4.78, 5) is 14.6. The number of ether oxygens (including phenoxy) is 2. The third-order valence-corrected chi connectivity index (χ3v) is 4.89. The summed E-state index contributed by atoms with van der Waals surface area (Å²) in [6, 6.07) is 10.6. The van der Waals surface area contributed by atoms with Crippen LogP contribution in [-0.2, 0) is 15.7 Å². The second-order valence-electron chi connectivity index (χ2n) is 7.20. The number of benzene rings is 2. The molecule has 0 spiro atoms. The predicted octanol–water partition coefficient (Wildman–Crippen LogP) is 3.48. The van der Waals surface area contributed by atoms with Gasteiger partial charge in [-0.15, -0.1) is 0 Å². The Kier molecular flexibility index (Phi) is 7.89. The van der Waals surface area contributed by atoms with E-state index in [1.54, 1.807) is 24.3 Å². The largest absolute Gasteiger partial charge is 0.493 e. The number of morpholine rings is 1. The third-order valence-electron chi connectivity index (χ3n) is 4.89. The Balaban J connectivity index is 1.49. The fraction of sp³-hybridized carbons (Fsp3) is 0.409. The van der Waals surface area contributed by atoms with Crippen molar-refractivity contribution in [1.82, 2.24) is 4.90 Å². The van der Waals surface area contributed by atoms with E-state index in [0.717, 1.165) is 63.5 Å². The van der Waals surface area contributed by atoms with Gasteiger partial charge in [-0.05, 0) is 36.2 Å². The van der Waals surface area contributed by atoms with Crippen LogP contribution in [0, 0.1) is 0 Å². The first-order valence-electron chi connectivity index (χ1n) is 10.0. The van der Waals surface area contributed by atoms with Crippen LogP contribution in [0.3, 0.4) is 0 Å². The fourth-order valence-electron chi connectivity index (χ4n) is 3.18. The highest BCUT2D eigenvalue weighted by Gasteiger charge is 2.30. The van der Waals surface area contributed by atoms with Gasteiger partial charge in [-0.3, -0.25) is 9.69 Å². The lowest BCUT2D eigenvalue weighted by Gasteiger charge is -2.26. The van der Waals surface area contributed by atoms with Gasteiger partial charge in [0.2, 0.25) is 0 Å². The molecule has 2 aromatic carbocycles. The Hall–Kier alpha value is -2.62. The maximum Gasteiger partial charge on any atom is 0.416 e. The lowest BCUT2D eigenvalue weighted by atomic mass is 10.1. The summed E-state index contributed by atoms with van der Waals surface area (Å²) in [7, 11) is 0. The van der Waals surface area contributed by atoms with E-state index in [1.165, 1.54) is 0 Å². The van der Waals surface area contributed by atoms with E-state index >= 15 is 0 Å². The van der Waals surface area contributed by atoms with Gasteiger partial charge in [-0.1, -0.05) is 18.2 Å². The molecule has 1 aliphatic heterocycles. The van der Waals surface area contributed by atoms with Crippen molar-refractivity contribution in [1.29, 1.82) is 0 Å². The van der Waals surface area contributed by atoms with Crippen LogP contribution in [0.15, 0.2) is 48.5 Å². The van der Waals surface area contributed by atoms with E-state index in [2.05, 4.69) is 10.2 Å². The van der Waals surface area contributed by atoms with Gasteiger partial charge >= 0.3 is 6.18 Å². The van der Waals surface area contributed by atoms with E-state index in [4.69, 9.17) is 9.47 Å². The molecule has 1 aliphatic rings. The third kappa shape index (κ3) is 6.95. The molecule has 6 nitrogen and oxygen atoms in total. The topological polar surface area (TPSA) is 71.0 Å². The van der Waals surface area contributed by atoms with E-state index in [0.29, 0.717) is 18.0 Å². The number of carbonyl (C=O) groups is 1. The molecular weight excluding hydrogens is 413 g/mol. The number of alkyl halides is 3. The summed E-state index contributed by atoms with van der Waals surface area (Å²) >= 11 is 0. The molecule has 1 unspecified atom stereocenters. The van der Waals surface area contributed by atoms with E-state index in [-0.39, 0.29) is 5.56 Å². The molecule has 1 heterocycles. The van der Waals surface area contributed by atoms with Crippen LogP contribution in [0.5, 0.6) is 5.75 Å². The Morgan fingerprint density at radius 3 is 2.55 bits per heavy atom. The first-order valence-corrected chi connectivity index (χ1v) is 10.0. The van der Waals surface area contributed by atoms with Crippen molar-refractivity contribution < 1.29 is 32.5 Å². The normalized spacial score (nSPS) is 16.0. The lowest BCUT2D eigenvalue weighted by Crippen LogP contribution is -2.37. The molecule has 168 valence electrons. The van der Waals surface area contributed by atoms with Crippen LogP contribution >= 0.6 is 0 Å². The van der Waals surface area contributed by atoms with Gasteiger partial charge in [0.15, 0.2) is 6.10 Å². The van der Waals surface area contributed by atoms with Crippen molar-refractivity contribution in [3.63, 3.8) is 0 Å². The first kappa shape index (κ1) is 23.1. The molecule has 0 saturated carbocycles. The predicted molar refractivity (Wildman–Crippen MR) is 109 cm³/mol. The summed E-state index contributed by atoms with van der Waals surface area (Å²) in [5.41, 5.74) is -0.356. The summed E-state index contributed by atoms with van der Waals surface area (Å²) in [5, 5.41) is 12.7. The number of carbonyl (C=O) groups excluding carboxylic acids is 1. The average molecular weight is 438 g/mol. The maximum atomic E-state index is 12.6. The maximum absolute atomic E-state index is 12.6. The number of amides is 1. The van der Waals surface area contributed by atoms with Crippen LogP contribution in [0.25, 0.3) is 0 Å². The number of halogens is 3. The summed E-state index contributed by atoms with van der Waals surface area (Å²) in [6.45, 7) is 4.77. The molecule has 1 fully saturated rings. The second kappa shape index (κ2) is 10.6. The molecule has 31 heavy (non-hydrogen) atoms. The Bertz CT molecular complexity index is 853. The number of anilines is 1. The molecule has 1 amide bonds. The standard InChI is InChI=1S/C22H25F3N2O4/c23-22(24,25)17-7-5-16(6-8-17)20(28)21(29)26-18-3-1-4-19(15-18)31-12-2-9-27-10-13-30-14-11-27/h1,3-8,15,20,28H,2,9-14H2,(H,26,29). The molecule has 9 heteroatoms.